The fourth-order valence-corrected chi connectivity index (χ4v) is 7.44. The molecular weight excluding hydrogens is 508 g/mol. The van der Waals surface area contributed by atoms with E-state index in [1.54, 1.807) is 0 Å². The number of fused-ring (bicyclic) bond motifs is 1. The quantitative estimate of drug-likeness (QED) is 0.284. The zero-order valence-corrected chi connectivity index (χ0v) is 19.9. The minimum Gasteiger partial charge on any atom is -0.447 e. The van der Waals surface area contributed by atoms with Crippen molar-refractivity contribution in [2.75, 3.05) is 0 Å². The maximum absolute atomic E-state index is 13.5. The smallest absolute Gasteiger partial charge is 0.348 e. The van der Waals surface area contributed by atoms with Gasteiger partial charge in [-0.05, 0) is 74.1 Å². The Labute approximate surface area is 209 Å². The Kier molecular flexibility index (Phi) is 4.48. The predicted octanol–water partition coefficient (Wildman–Crippen LogP) is 2.96. The molecule has 3 heterocycles. The summed E-state index contributed by atoms with van der Waals surface area (Å²) in [6.45, 7) is 0. The van der Waals surface area contributed by atoms with Crippen LogP contribution in [0.4, 0.5) is 0 Å². The Morgan fingerprint density at radius 3 is 2.32 bits per heavy atom. The molecule has 0 spiro atoms. The highest BCUT2D eigenvalue weighted by Gasteiger charge is 2.59. The van der Waals surface area contributed by atoms with E-state index >= 15 is 0 Å². The number of carbonyl (C=O) groups is 3. The number of hydrogen-bond acceptors (Lipinski definition) is 10. The first kappa shape index (κ1) is 22.7. The van der Waals surface area contributed by atoms with Crippen LogP contribution in [-0.4, -0.2) is 42.1 Å². The summed E-state index contributed by atoms with van der Waals surface area (Å²) in [5.74, 6) is -2.17. The van der Waals surface area contributed by atoms with Gasteiger partial charge < -0.3 is 23.7 Å². The Morgan fingerprint density at radius 2 is 1.68 bits per heavy atom. The molecule has 0 radical (unpaired) electrons. The van der Waals surface area contributed by atoms with Crippen molar-refractivity contribution in [1.29, 1.82) is 0 Å². The largest absolute Gasteiger partial charge is 0.447 e. The van der Waals surface area contributed by atoms with Crippen LogP contribution in [0.3, 0.4) is 0 Å². The first-order valence-electron chi connectivity index (χ1n) is 11.9. The number of benzene rings is 2. The van der Waals surface area contributed by atoms with Crippen LogP contribution in [0.1, 0.15) is 52.8 Å². The van der Waals surface area contributed by atoms with E-state index in [-0.39, 0.29) is 56.3 Å². The summed E-state index contributed by atoms with van der Waals surface area (Å²) in [5, 5.41) is 10.5. The second-order valence-electron chi connectivity index (χ2n) is 10.5. The van der Waals surface area contributed by atoms with Gasteiger partial charge in [0.1, 0.15) is 16.9 Å². The molecule has 8 rings (SSSR count). The van der Waals surface area contributed by atoms with E-state index in [4.69, 9.17) is 23.2 Å². The summed E-state index contributed by atoms with van der Waals surface area (Å²) in [4.78, 5) is 38.7. The van der Waals surface area contributed by atoms with Crippen LogP contribution < -0.4 is 14.2 Å². The van der Waals surface area contributed by atoms with E-state index in [2.05, 4.69) is 0 Å². The third kappa shape index (κ3) is 3.19. The molecular formula is C25H20O11S. The van der Waals surface area contributed by atoms with Gasteiger partial charge >= 0.3 is 17.9 Å². The Morgan fingerprint density at radius 1 is 1.00 bits per heavy atom. The second kappa shape index (κ2) is 7.30. The Hall–Kier alpha value is -3.48. The van der Waals surface area contributed by atoms with Gasteiger partial charge in [-0.15, -0.1) is 0 Å². The third-order valence-corrected chi connectivity index (χ3v) is 9.18. The number of carbonyl (C=O) groups excluding carboxylic acids is 3. The van der Waals surface area contributed by atoms with Gasteiger partial charge in [-0.2, -0.15) is 8.42 Å². The topological polar surface area (TPSA) is 167 Å². The molecule has 0 amide bonds. The molecule has 6 bridgehead atoms. The fraction of sp³-hybridized carbons (Fsp3) is 0.400. The number of ether oxygens (including phenoxy) is 3. The second-order valence-corrected chi connectivity index (χ2v) is 11.9. The first-order chi connectivity index (χ1) is 17.5. The van der Waals surface area contributed by atoms with Gasteiger partial charge in [0.25, 0.3) is 10.1 Å². The van der Waals surface area contributed by atoms with Crippen molar-refractivity contribution in [3.63, 3.8) is 0 Å². The standard InChI is InChI=1S/C25H20O11S/c26-17-11-5-10-6-12(17)9-25(7-10,8-11)24(29)36-21-19-15(16-18(34-19)20(21)35-23(16)28)22(27)33-13-1-3-14(4-2-13)37(30,31)32/h1-4,10-12,17,26H,5-9H2,(H,30,31,32). The van der Waals surface area contributed by atoms with Crippen molar-refractivity contribution >= 4 is 39.2 Å². The highest BCUT2D eigenvalue weighted by atomic mass is 32.2. The van der Waals surface area contributed by atoms with Crippen molar-refractivity contribution in [2.45, 2.75) is 43.1 Å². The molecule has 11 nitrogen and oxygen atoms in total. The van der Waals surface area contributed by atoms with E-state index in [0.717, 1.165) is 37.1 Å². The maximum Gasteiger partial charge on any atom is 0.348 e. The molecule has 192 valence electrons. The van der Waals surface area contributed by atoms with Crippen LogP contribution in [0.2, 0.25) is 0 Å². The van der Waals surface area contributed by atoms with Crippen LogP contribution in [-0.2, 0) is 14.9 Å². The van der Waals surface area contributed by atoms with E-state index in [1.165, 1.54) is 0 Å². The summed E-state index contributed by atoms with van der Waals surface area (Å²) in [5.41, 5.74) is -1.31. The molecule has 2 aromatic heterocycles. The van der Waals surface area contributed by atoms with E-state index in [1.807, 2.05) is 0 Å². The molecule has 2 N–H and O–H groups in total. The summed E-state index contributed by atoms with van der Waals surface area (Å²) >= 11 is 0. The summed E-state index contributed by atoms with van der Waals surface area (Å²) in [7, 11) is -4.43. The minimum atomic E-state index is -4.43. The molecule has 12 heteroatoms. The SMILES string of the molecule is O=C1Oc2c(OC(=O)C34CC5CC(C3)C(O)C(C5)C4)c3oc2c1c3C(=O)Oc1ccc(S(=O)(=O)O)cc1. The number of esters is 3. The molecule has 2 atom stereocenters. The van der Waals surface area contributed by atoms with Gasteiger partial charge in [-0.25, -0.2) is 9.59 Å². The average molecular weight is 528 g/mol. The van der Waals surface area contributed by atoms with Crippen LogP contribution in [0.5, 0.6) is 17.2 Å². The van der Waals surface area contributed by atoms with Crippen LogP contribution in [0.25, 0.3) is 11.2 Å². The van der Waals surface area contributed by atoms with Gasteiger partial charge in [0.05, 0.1) is 16.4 Å². The minimum absolute atomic E-state index is 0.0163. The van der Waals surface area contributed by atoms with Crippen LogP contribution >= 0.6 is 0 Å². The molecule has 37 heavy (non-hydrogen) atoms. The number of furan rings is 2. The lowest BCUT2D eigenvalue weighted by molar-refractivity contribution is -0.175. The molecule has 4 fully saturated rings. The number of hydrogen-bond donors (Lipinski definition) is 2. The van der Waals surface area contributed by atoms with Gasteiger partial charge in [0.2, 0.25) is 11.5 Å². The Balaban J connectivity index is 1.19. The third-order valence-electron chi connectivity index (χ3n) is 8.31. The van der Waals surface area contributed by atoms with Crippen LogP contribution in [0.15, 0.2) is 33.6 Å². The highest BCUT2D eigenvalue weighted by Crippen LogP contribution is 2.61. The predicted molar refractivity (Wildman–Crippen MR) is 121 cm³/mol. The lowest BCUT2D eigenvalue weighted by Gasteiger charge is -2.57. The van der Waals surface area contributed by atoms with Gasteiger partial charge in [-0.3, -0.25) is 9.35 Å². The number of aliphatic hydroxyl groups excluding tert-OH is 1. The Bertz CT molecular complexity index is 1580. The summed E-state index contributed by atoms with van der Waals surface area (Å²) in [6.07, 6.45) is 3.07. The molecule has 1 aromatic carbocycles. The maximum atomic E-state index is 13.5. The van der Waals surface area contributed by atoms with Crippen molar-refractivity contribution in [1.82, 2.24) is 0 Å². The van der Waals surface area contributed by atoms with Gasteiger partial charge in [-0.1, -0.05) is 0 Å². The average Bonchev–Trinajstić information content (AvgIpc) is 3.45. The van der Waals surface area contributed by atoms with Crippen molar-refractivity contribution < 1.29 is 51.1 Å². The summed E-state index contributed by atoms with van der Waals surface area (Å²) in [6, 6.07) is 4.42. The number of rotatable bonds is 5. The molecule has 1 aliphatic heterocycles. The van der Waals surface area contributed by atoms with Gasteiger partial charge in [0, 0.05) is 0 Å². The molecule has 0 saturated heterocycles. The number of aliphatic hydroxyl groups is 1. The lowest BCUT2D eigenvalue weighted by atomic mass is 9.48. The van der Waals surface area contributed by atoms with Crippen molar-refractivity contribution in [2.24, 2.45) is 23.2 Å². The van der Waals surface area contributed by atoms with Crippen LogP contribution in [0, 0.1) is 23.2 Å². The van der Waals surface area contributed by atoms with Crippen molar-refractivity contribution in [3.8, 4) is 17.2 Å². The molecule has 4 aliphatic carbocycles. The monoisotopic (exact) mass is 528 g/mol. The highest BCUT2D eigenvalue weighted by molar-refractivity contribution is 7.85. The van der Waals surface area contributed by atoms with E-state index in [0.29, 0.717) is 25.2 Å². The molecule has 5 aliphatic rings. The first-order valence-corrected chi connectivity index (χ1v) is 13.3. The molecule has 2 unspecified atom stereocenters. The van der Waals surface area contributed by atoms with E-state index < -0.39 is 39.5 Å². The zero-order valence-electron chi connectivity index (χ0n) is 19.1. The normalized spacial score (nSPS) is 29.6. The zero-order chi connectivity index (χ0) is 25.9. The lowest BCUT2D eigenvalue weighted by Crippen LogP contribution is -2.57. The molecule has 4 saturated carbocycles. The fourth-order valence-electron chi connectivity index (χ4n) is 6.96. The molecule has 3 aromatic rings. The van der Waals surface area contributed by atoms with Crippen molar-refractivity contribution in [3.05, 3.63) is 35.4 Å². The van der Waals surface area contributed by atoms with Gasteiger partial charge in [0.15, 0.2) is 11.2 Å². The van der Waals surface area contributed by atoms with E-state index in [9.17, 15) is 27.9 Å². The summed E-state index contributed by atoms with van der Waals surface area (Å²) < 4.78 is 53.5.